The van der Waals surface area contributed by atoms with Gasteiger partial charge in [-0.3, -0.25) is 4.79 Å². The molecule has 3 aromatic heterocycles. The van der Waals surface area contributed by atoms with Crippen LogP contribution < -0.4 is 5.32 Å². The first-order valence-corrected chi connectivity index (χ1v) is 13.4. The van der Waals surface area contributed by atoms with Crippen LogP contribution in [0.25, 0.3) is 27.2 Å². The number of nitrogens with one attached hydrogen (secondary N) is 1. The van der Waals surface area contributed by atoms with E-state index in [1.165, 1.54) is 11.3 Å². The minimum Gasteiger partial charge on any atom is -0.477 e. The molecule has 5 rings (SSSR count). The largest absolute Gasteiger partial charge is 0.477 e. The summed E-state index contributed by atoms with van der Waals surface area (Å²) in [5.41, 5.74) is 6.79. The molecule has 0 unspecified atom stereocenters. The van der Waals surface area contributed by atoms with Gasteiger partial charge in [-0.05, 0) is 53.9 Å². The van der Waals surface area contributed by atoms with Gasteiger partial charge >= 0.3 is 5.97 Å². The summed E-state index contributed by atoms with van der Waals surface area (Å²) in [4.78, 5) is 28.2. The zero-order valence-electron chi connectivity index (χ0n) is 21.2. The molecular weight excluding hydrogens is 520 g/mol. The number of aromatic carboxylic acids is 1. The molecule has 5 aromatic rings. The average Bonchev–Trinajstić information content (AvgIpc) is 3.62. The molecule has 9 heteroatoms. The summed E-state index contributed by atoms with van der Waals surface area (Å²) in [7, 11) is 0. The molecule has 38 heavy (non-hydrogen) atoms. The fraction of sp³-hybridized carbons (Fsp3) is 0.207. The van der Waals surface area contributed by atoms with Crippen molar-refractivity contribution in [1.82, 2.24) is 19.4 Å². The van der Waals surface area contributed by atoms with Gasteiger partial charge in [-0.1, -0.05) is 43.6 Å². The highest BCUT2D eigenvalue weighted by Crippen LogP contribution is 2.37. The van der Waals surface area contributed by atoms with Gasteiger partial charge < -0.3 is 19.6 Å². The van der Waals surface area contributed by atoms with Gasteiger partial charge in [0.2, 0.25) is 5.91 Å². The number of fused-ring (bicyclic) bond motifs is 1. The van der Waals surface area contributed by atoms with E-state index in [2.05, 4.69) is 33.9 Å². The summed E-state index contributed by atoms with van der Waals surface area (Å²) >= 11 is 7.90. The molecule has 2 N–H and O–H groups in total. The normalized spacial score (nSPS) is 11.4. The molecule has 0 atom stereocenters. The third-order valence-electron chi connectivity index (χ3n) is 6.52. The molecule has 3 heterocycles. The molecule has 0 saturated carbocycles. The summed E-state index contributed by atoms with van der Waals surface area (Å²) in [5.74, 6) is -1.05. The predicted octanol–water partition coefficient (Wildman–Crippen LogP) is 6.54. The number of halogens is 1. The van der Waals surface area contributed by atoms with Crippen LogP contribution >= 0.6 is 22.9 Å². The summed E-state index contributed by atoms with van der Waals surface area (Å²) in [6, 6.07) is 15.8. The van der Waals surface area contributed by atoms with Crippen LogP contribution in [0.5, 0.6) is 0 Å². The van der Waals surface area contributed by atoms with E-state index in [0.717, 1.165) is 43.9 Å². The lowest BCUT2D eigenvalue weighted by Gasteiger charge is -2.16. The Bertz CT molecular complexity index is 1650. The van der Waals surface area contributed by atoms with E-state index < -0.39 is 5.97 Å². The molecule has 0 saturated heterocycles. The molecule has 0 aliphatic rings. The first-order valence-electron chi connectivity index (χ1n) is 12.2. The second-order valence-electron chi connectivity index (χ2n) is 9.55. The van der Waals surface area contributed by atoms with Gasteiger partial charge in [0.25, 0.3) is 0 Å². The molecule has 0 bridgehead atoms. The third kappa shape index (κ3) is 5.10. The molecule has 1 amide bonds. The number of hydrogen-bond acceptors (Lipinski definition) is 4. The Balaban J connectivity index is 1.56. The minimum absolute atomic E-state index is 0.00927. The first kappa shape index (κ1) is 25.8. The zero-order valence-corrected chi connectivity index (χ0v) is 22.8. The number of nitrogens with zero attached hydrogens (tertiary/aromatic N) is 3. The average molecular weight is 547 g/mol. The summed E-state index contributed by atoms with van der Waals surface area (Å²) < 4.78 is 4.97. The Kier molecular flexibility index (Phi) is 7.10. The van der Waals surface area contributed by atoms with Crippen molar-refractivity contribution in [3.05, 3.63) is 93.8 Å². The number of benzene rings is 2. The van der Waals surface area contributed by atoms with Crippen LogP contribution in [0.1, 0.15) is 40.2 Å². The van der Waals surface area contributed by atoms with E-state index in [-0.39, 0.29) is 11.8 Å². The van der Waals surface area contributed by atoms with Gasteiger partial charge in [0.15, 0.2) is 0 Å². The molecule has 0 aliphatic heterocycles. The maximum absolute atomic E-state index is 12.1. The summed E-state index contributed by atoms with van der Waals surface area (Å²) in [5, 5.41) is 13.2. The fourth-order valence-corrected chi connectivity index (χ4v) is 5.59. The van der Waals surface area contributed by atoms with Crippen molar-refractivity contribution in [1.29, 1.82) is 0 Å². The molecule has 2 aromatic carbocycles. The van der Waals surface area contributed by atoms with Gasteiger partial charge in [0.05, 0.1) is 22.2 Å². The van der Waals surface area contributed by atoms with Gasteiger partial charge in [0, 0.05) is 47.7 Å². The number of carbonyl (C=O) groups is 2. The highest BCUT2D eigenvalue weighted by Gasteiger charge is 2.19. The van der Waals surface area contributed by atoms with Crippen LogP contribution in [0, 0.1) is 12.8 Å². The van der Waals surface area contributed by atoms with Gasteiger partial charge in [0.1, 0.15) is 4.88 Å². The lowest BCUT2D eigenvalue weighted by atomic mass is 10.0. The predicted molar refractivity (Wildman–Crippen MR) is 151 cm³/mol. The second-order valence-corrected chi connectivity index (χ2v) is 11.0. The maximum Gasteiger partial charge on any atom is 0.345 e. The number of aromatic nitrogens is 3. The topological polar surface area (TPSA) is 89.2 Å². The van der Waals surface area contributed by atoms with Gasteiger partial charge in [-0.15, -0.1) is 11.3 Å². The van der Waals surface area contributed by atoms with Gasteiger partial charge in [-0.2, -0.15) is 0 Å². The van der Waals surface area contributed by atoms with Crippen molar-refractivity contribution in [2.24, 2.45) is 5.92 Å². The van der Waals surface area contributed by atoms with Crippen molar-refractivity contribution in [2.45, 2.75) is 33.9 Å². The number of hydrogen-bond donors (Lipinski definition) is 2. The number of carboxylic acid groups (broad SMARTS) is 1. The lowest BCUT2D eigenvalue weighted by Crippen LogP contribution is -2.27. The van der Waals surface area contributed by atoms with Crippen molar-refractivity contribution in [3.8, 4) is 16.9 Å². The molecule has 0 radical (unpaired) electrons. The molecule has 194 valence electrons. The highest BCUT2D eigenvalue weighted by atomic mass is 35.5. The van der Waals surface area contributed by atoms with Crippen LogP contribution in [-0.2, 0) is 17.9 Å². The summed E-state index contributed by atoms with van der Waals surface area (Å²) in [6.45, 7) is 6.64. The standard InChI is InChI=1S/C29H27ClN4O3S/c1-17(2)28(35)32-14-19-4-7-23(30)20(11-19)15-34-24(12-26-25(34)13-27(38-26)29(36)37)22-6-5-21(10-18(22)3)33-9-8-31-16-33/h4-13,16-17H,14-15H2,1-3H3,(H,32,35)(H,36,37). The van der Waals surface area contributed by atoms with Crippen LogP contribution in [0.4, 0.5) is 0 Å². The second kappa shape index (κ2) is 10.5. The Morgan fingerprint density at radius 1 is 1.13 bits per heavy atom. The van der Waals surface area contributed by atoms with E-state index in [0.29, 0.717) is 23.0 Å². The fourth-order valence-electron chi connectivity index (χ4n) is 4.47. The summed E-state index contributed by atoms with van der Waals surface area (Å²) in [6.07, 6.45) is 5.41. The highest BCUT2D eigenvalue weighted by molar-refractivity contribution is 7.20. The number of thiophene rings is 1. The van der Waals surface area contributed by atoms with Crippen LogP contribution in [0.2, 0.25) is 5.02 Å². The van der Waals surface area contributed by atoms with Crippen molar-refractivity contribution in [3.63, 3.8) is 0 Å². The monoisotopic (exact) mass is 546 g/mol. The van der Waals surface area contributed by atoms with E-state index in [4.69, 9.17) is 11.6 Å². The van der Waals surface area contributed by atoms with E-state index in [1.54, 1.807) is 18.6 Å². The Morgan fingerprint density at radius 2 is 1.95 bits per heavy atom. The Labute approximate surface area is 229 Å². The van der Waals surface area contributed by atoms with Gasteiger partial charge in [-0.25, -0.2) is 9.78 Å². The number of aryl methyl sites for hydroxylation is 1. The van der Waals surface area contributed by atoms with Crippen LogP contribution in [0.3, 0.4) is 0 Å². The van der Waals surface area contributed by atoms with Crippen LogP contribution in [-0.4, -0.2) is 31.1 Å². The molecule has 0 spiro atoms. The molecule has 7 nitrogen and oxygen atoms in total. The van der Waals surface area contributed by atoms with Crippen LogP contribution in [0.15, 0.2) is 67.3 Å². The van der Waals surface area contributed by atoms with E-state index in [1.807, 2.05) is 54.9 Å². The maximum atomic E-state index is 12.1. The number of amides is 1. The minimum atomic E-state index is -0.943. The zero-order chi connectivity index (χ0) is 27.0. The Morgan fingerprint density at radius 3 is 2.63 bits per heavy atom. The quantitative estimate of drug-likeness (QED) is 0.231. The number of carboxylic acids is 1. The Hall–Kier alpha value is -3.88. The number of rotatable bonds is 8. The molecular formula is C29H27ClN4O3S. The third-order valence-corrected chi connectivity index (χ3v) is 7.95. The molecule has 0 aliphatic carbocycles. The lowest BCUT2D eigenvalue weighted by molar-refractivity contribution is -0.124. The van der Waals surface area contributed by atoms with Crippen molar-refractivity contribution >= 4 is 45.0 Å². The SMILES string of the molecule is Cc1cc(-n2ccnc2)ccc1-c1cc2sc(C(=O)O)cc2n1Cc1cc(CNC(=O)C(C)C)ccc1Cl. The van der Waals surface area contributed by atoms with E-state index in [9.17, 15) is 14.7 Å². The number of carbonyl (C=O) groups excluding carboxylic acids is 1. The van der Waals surface area contributed by atoms with Crippen molar-refractivity contribution in [2.75, 3.05) is 0 Å². The molecule has 0 fully saturated rings. The first-order chi connectivity index (χ1) is 18.2. The van der Waals surface area contributed by atoms with E-state index >= 15 is 0 Å². The number of imidazole rings is 1. The van der Waals surface area contributed by atoms with Crippen molar-refractivity contribution < 1.29 is 14.7 Å². The smallest absolute Gasteiger partial charge is 0.345 e.